The summed E-state index contributed by atoms with van der Waals surface area (Å²) in [6, 6.07) is 8.17. The summed E-state index contributed by atoms with van der Waals surface area (Å²) in [5.41, 5.74) is 1.57. The minimum absolute atomic E-state index is 0.0367. The Bertz CT molecular complexity index is 1340. The summed E-state index contributed by atoms with van der Waals surface area (Å²) in [5, 5.41) is 4.36. The third kappa shape index (κ3) is 3.26. The normalized spacial score (nSPS) is 11.1. The van der Waals surface area contributed by atoms with Crippen molar-refractivity contribution in [2.45, 2.75) is 13.8 Å². The van der Waals surface area contributed by atoms with Gasteiger partial charge in [0.15, 0.2) is 11.4 Å². The molecule has 0 fully saturated rings. The Kier molecular flexibility index (Phi) is 4.91. The van der Waals surface area contributed by atoms with E-state index in [9.17, 15) is 13.6 Å². The minimum Gasteiger partial charge on any atom is -0.486 e. The van der Waals surface area contributed by atoms with Crippen molar-refractivity contribution in [1.29, 1.82) is 0 Å². The van der Waals surface area contributed by atoms with Crippen LogP contribution in [0, 0.1) is 25.5 Å². The van der Waals surface area contributed by atoms with E-state index in [2.05, 4.69) is 16.7 Å². The number of hydrogen-bond donors (Lipinski definition) is 0. The van der Waals surface area contributed by atoms with Crippen LogP contribution in [-0.4, -0.2) is 25.8 Å². The molecule has 3 aromatic heterocycles. The van der Waals surface area contributed by atoms with Crippen molar-refractivity contribution in [2.24, 2.45) is 0 Å². The second-order valence-electron chi connectivity index (χ2n) is 6.72. The Labute approximate surface area is 170 Å². The molecule has 30 heavy (non-hydrogen) atoms. The number of rotatable bonds is 5. The fourth-order valence-corrected chi connectivity index (χ4v) is 3.29. The molecule has 8 heteroatoms. The molecule has 0 amide bonds. The number of ether oxygens (including phenoxy) is 1. The van der Waals surface area contributed by atoms with E-state index in [0.29, 0.717) is 28.5 Å². The number of halogens is 2. The quantitative estimate of drug-likeness (QED) is 0.468. The number of aryl methyl sites for hydroxylation is 2. The largest absolute Gasteiger partial charge is 0.486 e. The van der Waals surface area contributed by atoms with Crippen molar-refractivity contribution in [3.05, 3.63) is 88.6 Å². The lowest BCUT2D eigenvalue weighted by Gasteiger charge is -2.10. The molecule has 0 unspecified atom stereocenters. The van der Waals surface area contributed by atoms with E-state index in [1.54, 1.807) is 44.3 Å². The zero-order valence-electron chi connectivity index (χ0n) is 16.4. The molecule has 4 rings (SSSR count). The highest BCUT2D eigenvalue weighted by Crippen LogP contribution is 2.25. The Balaban J connectivity index is 1.90. The van der Waals surface area contributed by atoms with Gasteiger partial charge in [-0.05, 0) is 44.2 Å². The smallest absolute Gasteiger partial charge is 0.267 e. The molecule has 0 aliphatic rings. The molecule has 3 heterocycles. The van der Waals surface area contributed by atoms with Crippen LogP contribution in [0.2, 0.25) is 0 Å². The molecular weight excluding hydrogens is 390 g/mol. The van der Waals surface area contributed by atoms with Gasteiger partial charge >= 0.3 is 0 Å². The van der Waals surface area contributed by atoms with Gasteiger partial charge < -0.3 is 4.74 Å². The molecule has 0 radical (unpaired) electrons. The van der Waals surface area contributed by atoms with Crippen molar-refractivity contribution in [3.63, 3.8) is 0 Å². The molecule has 6 nitrogen and oxygen atoms in total. The Morgan fingerprint density at radius 2 is 2.00 bits per heavy atom. The zero-order chi connectivity index (χ0) is 21.4. The molecule has 0 spiro atoms. The van der Waals surface area contributed by atoms with Crippen LogP contribution < -0.4 is 10.3 Å². The number of hydrogen-bond acceptors (Lipinski definition) is 4. The predicted octanol–water partition coefficient (Wildman–Crippen LogP) is 4.01. The van der Waals surface area contributed by atoms with Crippen LogP contribution in [0.15, 0.2) is 60.0 Å². The highest BCUT2D eigenvalue weighted by molar-refractivity contribution is 5.65. The van der Waals surface area contributed by atoms with Gasteiger partial charge in [0, 0.05) is 18.0 Å². The van der Waals surface area contributed by atoms with Crippen LogP contribution in [-0.2, 0) is 0 Å². The van der Waals surface area contributed by atoms with Crippen LogP contribution in [0.25, 0.3) is 22.6 Å². The second-order valence-corrected chi connectivity index (χ2v) is 6.72. The first kappa shape index (κ1) is 19.5. The molecule has 0 aliphatic carbocycles. The fraction of sp³-hybridized carbons (Fsp3) is 0.136. The van der Waals surface area contributed by atoms with E-state index in [4.69, 9.17) is 4.74 Å². The average Bonchev–Trinajstić information content (AvgIpc) is 3.09. The van der Waals surface area contributed by atoms with Gasteiger partial charge in [0.2, 0.25) is 0 Å². The molecule has 1 aromatic carbocycles. The molecule has 0 atom stereocenters. The van der Waals surface area contributed by atoms with Crippen molar-refractivity contribution >= 4 is 5.65 Å². The number of aromatic nitrogens is 4. The second kappa shape index (κ2) is 7.55. The third-order valence-corrected chi connectivity index (χ3v) is 4.64. The zero-order valence-corrected chi connectivity index (χ0v) is 16.4. The van der Waals surface area contributed by atoms with Gasteiger partial charge in [-0.3, -0.25) is 9.20 Å². The van der Waals surface area contributed by atoms with Gasteiger partial charge in [0.1, 0.15) is 29.6 Å². The summed E-state index contributed by atoms with van der Waals surface area (Å²) < 4.78 is 36.1. The Hall–Kier alpha value is -3.81. The molecule has 0 N–H and O–H groups in total. The molecule has 0 bridgehead atoms. The molecular formula is C22H18F2N4O2. The average molecular weight is 408 g/mol. The molecule has 0 saturated heterocycles. The van der Waals surface area contributed by atoms with E-state index in [-0.39, 0.29) is 23.4 Å². The maximum absolute atomic E-state index is 14.2. The summed E-state index contributed by atoms with van der Waals surface area (Å²) in [5.74, 6) is -0.755. The van der Waals surface area contributed by atoms with E-state index in [0.717, 1.165) is 18.2 Å². The monoisotopic (exact) mass is 408 g/mol. The highest BCUT2D eigenvalue weighted by atomic mass is 19.1. The number of pyridine rings is 1. The molecule has 0 saturated carbocycles. The van der Waals surface area contributed by atoms with E-state index in [1.165, 1.54) is 9.08 Å². The van der Waals surface area contributed by atoms with Crippen LogP contribution in [0.4, 0.5) is 8.78 Å². The molecule has 152 valence electrons. The molecule has 4 aromatic rings. The van der Waals surface area contributed by atoms with Gasteiger partial charge in [-0.2, -0.15) is 5.10 Å². The van der Waals surface area contributed by atoms with Crippen molar-refractivity contribution in [2.75, 3.05) is 6.61 Å². The minimum atomic E-state index is -0.622. The number of fused-ring (bicyclic) bond motifs is 1. The van der Waals surface area contributed by atoms with Crippen molar-refractivity contribution in [3.8, 4) is 22.7 Å². The van der Waals surface area contributed by atoms with Gasteiger partial charge in [0.25, 0.3) is 5.56 Å². The maximum Gasteiger partial charge on any atom is 0.267 e. The van der Waals surface area contributed by atoms with Crippen LogP contribution >= 0.6 is 0 Å². The van der Waals surface area contributed by atoms with Crippen LogP contribution in [0.5, 0.6) is 5.75 Å². The Morgan fingerprint density at radius 3 is 2.77 bits per heavy atom. The van der Waals surface area contributed by atoms with E-state index >= 15 is 0 Å². The summed E-state index contributed by atoms with van der Waals surface area (Å²) >= 11 is 0. The predicted molar refractivity (Wildman–Crippen MR) is 109 cm³/mol. The SMILES string of the molecule is C=CCOc1cccn2c(=O)c(-c3cc(C)n(-c4cc(F)ccc4F)n3)c(C)nc12. The van der Waals surface area contributed by atoms with Gasteiger partial charge in [-0.25, -0.2) is 18.4 Å². The van der Waals surface area contributed by atoms with Gasteiger partial charge in [-0.15, -0.1) is 0 Å². The lowest BCUT2D eigenvalue weighted by molar-refractivity contribution is 0.365. The first-order chi connectivity index (χ1) is 14.4. The van der Waals surface area contributed by atoms with E-state index < -0.39 is 11.6 Å². The summed E-state index contributed by atoms with van der Waals surface area (Å²) in [4.78, 5) is 17.7. The maximum atomic E-state index is 14.2. The topological polar surface area (TPSA) is 61.4 Å². The Morgan fingerprint density at radius 1 is 1.20 bits per heavy atom. The highest BCUT2D eigenvalue weighted by Gasteiger charge is 2.19. The lowest BCUT2D eigenvalue weighted by Crippen LogP contribution is -2.19. The van der Waals surface area contributed by atoms with Crippen molar-refractivity contribution < 1.29 is 13.5 Å². The first-order valence-electron chi connectivity index (χ1n) is 9.19. The summed E-state index contributed by atoms with van der Waals surface area (Å²) in [7, 11) is 0. The summed E-state index contributed by atoms with van der Waals surface area (Å²) in [6.45, 7) is 7.28. The van der Waals surface area contributed by atoms with Gasteiger partial charge in [0.05, 0.1) is 11.3 Å². The molecule has 0 aliphatic heterocycles. The number of benzene rings is 1. The van der Waals surface area contributed by atoms with Crippen LogP contribution in [0.3, 0.4) is 0 Å². The third-order valence-electron chi connectivity index (χ3n) is 4.64. The summed E-state index contributed by atoms with van der Waals surface area (Å²) in [6.07, 6.45) is 3.19. The first-order valence-corrected chi connectivity index (χ1v) is 9.19. The number of nitrogens with zero attached hydrogens (tertiary/aromatic N) is 4. The van der Waals surface area contributed by atoms with E-state index in [1.807, 2.05) is 0 Å². The van der Waals surface area contributed by atoms with Crippen LogP contribution in [0.1, 0.15) is 11.4 Å². The fourth-order valence-electron chi connectivity index (χ4n) is 3.29. The standard InChI is InChI=1S/C22H18F2N4O2/c1-4-10-30-19-6-5-9-27-21(19)25-14(3)20(22(27)29)17-11-13(2)28(26-17)18-12-15(23)7-8-16(18)24/h4-9,11-12H,1,10H2,2-3H3. The van der Waals surface area contributed by atoms with Gasteiger partial charge in [-0.1, -0.05) is 12.7 Å². The lowest BCUT2D eigenvalue weighted by atomic mass is 10.1. The van der Waals surface area contributed by atoms with Crippen molar-refractivity contribution in [1.82, 2.24) is 19.2 Å².